The fourth-order valence-corrected chi connectivity index (χ4v) is 2.22. The Morgan fingerprint density at radius 1 is 1.09 bits per heavy atom. The van der Waals surface area contributed by atoms with Crippen LogP contribution in [-0.2, 0) is 6.42 Å². The van der Waals surface area contributed by atoms with E-state index in [2.05, 4.69) is 0 Å². The summed E-state index contributed by atoms with van der Waals surface area (Å²) in [6.45, 7) is 0.282. The Balaban J connectivity index is 2.00. The lowest BCUT2D eigenvalue weighted by Gasteiger charge is -2.12. The maximum Gasteiger partial charge on any atom is 0.251 e. The lowest BCUT2D eigenvalue weighted by molar-refractivity contribution is 0.0996. The molecule has 3 rings (SSSR count). The van der Waals surface area contributed by atoms with Gasteiger partial charge in [0.2, 0.25) is 0 Å². The minimum absolute atomic E-state index is 0.0685. The molecule has 7 heteroatoms. The van der Waals surface area contributed by atoms with Crippen LogP contribution in [0.3, 0.4) is 0 Å². The summed E-state index contributed by atoms with van der Waals surface area (Å²) in [5, 5.41) is 0. The van der Waals surface area contributed by atoms with E-state index >= 15 is 0 Å². The Kier molecular flexibility index (Phi) is 3.40. The predicted octanol–water partition coefficient (Wildman–Crippen LogP) is 2.93. The SMILES string of the molecule is NC(=O)c1cc(F)c(Oc2ccc(F)c3c2OCC3)cc1F. The second-order valence-corrected chi connectivity index (χ2v) is 4.68. The van der Waals surface area contributed by atoms with Crippen LogP contribution in [0.25, 0.3) is 0 Å². The predicted molar refractivity (Wildman–Crippen MR) is 70.5 cm³/mol. The largest absolute Gasteiger partial charge is 0.489 e. The van der Waals surface area contributed by atoms with Crippen molar-refractivity contribution < 1.29 is 27.4 Å². The van der Waals surface area contributed by atoms with E-state index in [1.165, 1.54) is 6.07 Å². The molecule has 0 bridgehead atoms. The average Bonchev–Trinajstić information content (AvgIpc) is 2.95. The third kappa shape index (κ3) is 2.34. The number of amides is 1. The second-order valence-electron chi connectivity index (χ2n) is 4.68. The fraction of sp³-hybridized carbons (Fsp3) is 0.133. The molecule has 1 amide bonds. The van der Waals surface area contributed by atoms with Crippen molar-refractivity contribution in [3.63, 3.8) is 0 Å². The van der Waals surface area contributed by atoms with Crippen LogP contribution in [-0.4, -0.2) is 12.5 Å². The van der Waals surface area contributed by atoms with Crippen LogP contribution in [0.1, 0.15) is 15.9 Å². The van der Waals surface area contributed by atoms with Crippen LogP contribution in [0.4, 0.5) is 13.2 Å². The molecule has 0 aliphatic carbocycles. The molecular weight excluding hydrogens is 299 g/mol. The first-order valence-electron chi connectivity index (χ1n) is 6.38. The van der Waals surface area contributed by atoms with Crippen molar-refractivity contribution >= 4 is 5.91 Å². The number of nitrogens with two attached hydrogens (primary N) is 1. The molecule has 2 aromatic carbocycles. The van der Waals surface area contributed by atoms with Crippen molar-refractivity contribution in [3.05, 3.63) is 52.8 Å². The number of carbonyl (C=O) groups is 1. The van der Waals surface area contributed by atoms with E-state index in [4.69, 9.17) is 15.2 Å². The first-order valence-corrected chi connectivity index (χ1v) is 6.38. The topological polar surface area (TPSA) is 61.6 Å². The molecule has 0 aromatic heterocycles. The number of benzene rings is 2. The number of fused-ring (bicyclic) bond motifs is 1. The summed E-state index contributed by atoms with van der Waals surface area (Å²) in [5.41, 5.74) is 4.68. The Morgan fingerprint density at radius 3 is 2.59 bits per heavy atom. The van der Waals surface area contributed by atoms with Gasteiger partial charge in [-0.25, -0.2) is 13.2 Å². The minimum Gasteiger partial charge on any atom is -0.489 e. The Hall–Kier alpha value is -2.70. The highest BCUT2D eigenvalue weighted by molar-refractivity contribution is 5.93. The highest BCUT2D eigenvalue weighted by Gasteiger charge is 2.23. The van der Waals surface area contributed by atoms with E-state index in [1.807, 2.05) is 0 Å². The van der Waals surface area contributed by atoms with Gasteiger partial charge in [-0.3, -0.25) is 4.79 Å². The van der Waals surface area contributed by atoms with Crippen LogP contribution < -0.4 is 15.2 Å². The van der Waals surface area contributed by atoms with Gasteiger partial charge in [-0.1, -0.05) is 0 Å². The molecule has 0 unspecified atom stereocenters. The van der Waals surface area contributed by atoms with Crippen molar-refractivity contribution in [2.45, 2.75) is 6.42 Å². The first kappa shape index (κ1) is 14.2. The minimum atomic E-state index is -1.09. The lowest BCUT2D eigenvalue weighted by atomic mass is 10.1. The van der Waals surface area contributed by atoms with Crippen LogP contribution in [0.2, 0.25) is 0 Å². The standard InChI is InChI=1S/C15H10F3NO3/c16-9-1-2-12(14-7(9)3-4-21-14)22-13-6-10(17)8(15(19)20)5-11(13)18/h1-2,5-6H,3-4H2,(H2,19,20). The van der Waals surface area contributed by atoms with E-state index in [9.17, 15) is 18.0 Å². The summed E-state index contributed by atoms with van der Waals surface area (Å²) < 4.78 is 51.7. The van der Waals surface area contributed by atoms with Crippen LogP contribution in [0, 0.1) is 17.5 Å². The normalized spacial score (nSPS) is 12.7. The third-order valence-corrected chi connectivity index (χ3v) is 3.27. The van der Waals surface area contributed by atoms with Gasteiger partial charge in [-0.15, -0.1) is 0 Å². The Morgan fingerprint density at radius 2 is 1.86 bits per heavy atom. The molecule has 2 N–H and O–H groups in total. The summed E-state index contributed by atoms with van der Waals surface area (Å²) in [7, 11) is 0. The molecule has 0 radical (unpaired) electrons. The van der Waals surface area contributed by atoms with E-state index < -0.39 is 34.7 Å². The molecule has 22 heavy (non-hydrogen) atoms. The molecule has 0 saturated heterocycles. The molecule has 0 atom stereocenters. The molecular formula is C15H10F3NO3. The number of hydrogen-bond donors (Lipinski definition) is 1. The van der Waals surface area contributed by atoms with Gasteiger partial charge in [0, 0.05) is 18.1 Å². The molecule has 1 aliphatic heterocycles. The van der Waals surface area contributed by atoms with Crippen molar-refractivity contribution in [2.24, 2.45) is 5.73 Å². The number of halogens is 3. The molecule has 0 spiro atoms. The zero-order valence-electron chi connectivity index (χ0n) is 11.2. The maximum absolute atomic E-state index is 13.9. The molecule has 0 fully saturated rings. The van der Waals surface area contributed by atoms with Crippen LogP contribution in [0.15, 0.2) is 24.3 Å². The fourth-order valence-electron chi connectivity index (χ4n) is 2.22. The molecule has 4 nitrogen and oxygen atoms in total. The van der Waals surface area contributed by atoms with Crippen molar-refractivity contribution in [3.8, 4) is 17.2 Å². The molecule has 2 aromatic rings. The molecule has 114 valence electrons. The number of hydrogen-bond acceptors (Lipinski definition) is 3. The average molecular weight is 309 g/mol. The number of rotatable bonds is 3. The summed E-state index contributed by atoms with van der Waals surface area (Å²) in [6, 6.07) is 3.78. The number of primary amides is 1. The smallest absolute Gasteiger partial charge is 0.251 e. The van der Waals surface area contributed by atoms with Crippen LogP contribution >= 0.6 is 0 Å². The van der Waals surface area contributed by atoms with E-state index in [0.29, 0.717) is 24.1 Å². The van der Waals surface area contributed by atoms with Gasteiger partial charge in [-0.05, 0) is 18.2 Å². The van der Waals surface area contributed by atoms with Gasteiger partial charge in [0.25, 0.3) is 5.91 Å². The lowest BCUT2D eigenvalue weighted by Crippen LogP contribution is -2.13. The summed E-state index contributed by atoms with van der Waals surface area (Å²) in [6.07, 6.45) is 0.371. The Labute approximate surface area is 123 Å². The quantitative estimate of drug-likeness (QED) is 0.948. The highest BCUT2D eigenvalue weighted by atomic mass is 19.1. The third-order valence-electron chi connectivity index (χ3n) is 3.27. The van der Waals surface area contributed by atoms with E-state index in [0.717, 1.165) is 6.07 Å². The van der Waals surface area contributed by atoms with Gasteiger partial charge < -0.3 is 15.2 Å². The van der Waals surface area contributed by atoms with Gasteiger partial charge >= 0.3 is 0 Å². The van der Waals surface area contributed by atoms with Gasteiger partial charge in [0.15, 0.2) is 23.1 Å². The first-order chi connectivity index (χ1) is 10.5. The van der Waals surface area contributed by atoms with E-state index in [1.54, 1.807) is 0 Å². The second kappa shape index (κ2) is 5.25. The van der Waals surface area contributed by atoms with Gasteiger partial charge in [-0.2, -0.15) is 0 Å². The number of carbonyl (C=O) groups excluding carboxylic acids is 1. The van der Waals surface area contributed by atoms with Gasteiger partial charge in [0.05, 0.1) is 12.2 Å². The van der Waals surface area contributed by atoms with Crippen molar-refractivity contribution in [1.29, 1.82) is 0 Å². The monoisotopic (exact) mass is 309 g/mol. The highest BCUT2D eigenvalue weighted by Crippen LogP contribution is 2.40. The van der Waals surface area contributed by atoms with Crippen molar-refractivity contribution in [2.75, 3.05) is 6.61 Å². The number of ether oxygens (including phenoxy) is 2. The molecule has 1 aliphatic rings. The Bertz CT molecular complexity index is 777. The summed E-state index contributed by atoms with van der Waals surface area (Å²) in [4.78, 5) is 10.9. The van der Waals surface area contributed by atoms with Gasteiger partial charge in [0.1, 0.15) is 11.6 Å². The summed E-state index contributed by atoms with van der Waals surface area (Å²) in [5.74, 6) is -3.73. The molecule has 1 heterocycles. The zero-order chi connectivity index (χ0) is 15.9. The maximum atomic E-state index is 13.9. The van der Waals surface area contributed by atoms with E-state index in [-0.39, 0.29) is 18.1 Å². The summed E-state index contributed by atoms with van der Waals surface area (Å²) >= 11 is 0. The zero-order valence-corrected chi connectivity index (χ0v) is 11.2. The molecule has 0 saturated carbocycles. The van der Waals surface area contributed by atoms with Crippen LogP contribution in [0.5, 0.6) is 17.2 Å². The van der Waals surface area contributed by atoms with Crippen molar-refractivity contribution in [1.82, 2.24) is 0 Å².